The van der Waals surface area contributed by atoms with Crippen LogP contribution < -0.4 is 4.74 Å². The Kier molecular flexibility index (Phi) is 8.26. The van der Waals surface area contributed by atoms with Crippen molar-refractivity contribution >= 4 is 16.9 Å². The first-order chi connectivity index (χ1) is 22.8. The largest absolute Gasteiger partial charge is 0.481 e. The minimum atomic E-state index is -0.986. The summed E-state index contributed by atoms with van der Waals surface area (Å²) in [7, 11) is -0.266. The molecule has 4 aliphatic carbocycles. The van der Waals surface area contributed by atoms with Crippen LogP contribution in [-0.4, -0.2) is 18.2 Å². The summed E-state index contributed by atoms with van der Waals surface area (Å²) in [6, 6.07) is 25.5. The summed E-state index contributed by atoms with van der Waals surface area (Å²) in [5.41, 5.74) is 7.14. The topological polar surface area (TPSA) is 35.5 Å². The molecule has 0 heterocycles. The van der Waals surface area contributed by atoms with Crippen LogP contribution in [0.5, 0.6) is 5.75 Å². The van der Waals surface area contributed by atoms with Crippen LogP contribution in [0.1, 0.15) is 25.0 Å². The first kappa shape index (κ1) is 30.7. The first-order valence-electron chi connectivity index (χ1n) is 16.0. The van der Waals surface area contributed by atoms with Crippen LogP contribution in [0.15, 0.2) is 170 Å². The normalized spacial score (nSPS) is 18.9. The van der Waals surface area contributed by atoms with E-state index in [1.165, 1.54) is 37.0 Å². The van der Waals surface area contributed by atoms with E-state index in [0.717, 1.165) is 16.7 Å². The zero-order valence-electron chi connectivity index (χ0n) is 27.1. The molecule has 2 unspecified atom stereocenters. The molecule has 47 heavy (non-hydrogen) atoms. The van der Waals surface area contributed by atoms with E-state index in [-0.39, 0.29) is 23.4 Å². The quantitative estimate of drug-likeness (QED) is 0.148. The Morgan fingerprint density at radius 2 is 1.34 bits per heavy atom. The number of hydrogen-bond donors (Lipinski definition) is 0. The average Bonchev–Trinajstić information content (AvgIpc) is 3.07. The Morgan fingerprint density at radius 3 is 2.00 bits per heavy atom. The van der Waals surface area contributed by atoms with Gasteiger partial charge in [0.05, 0.1) is 10.9 Å². The van der Waals surface area contributed by atoms with Gasteiger partial charge in [-0.3, -0.25) is 0 Å². The van der Waals surface area contributed by atoms with Crippen molar-refractivity contribution in [2.45, 2.75) is 48.0 Å². The number of aryl methyl sites for hydroxylation is 2. The molecule has 0 bridgehead atoms. The lowest BCUT2D eigenvalue weighted by molar-refractivity contribution is -0.154. The molecule has 0 aliphatic heterocycles. The van der Waals surface area contributed by atoms with Gasteiger partial charge < -0.3 is 9.47 Å². The Balaban J connectivity index is 1.05. The van der Waals surface area contributed by atoms with Gasteiger partial charge in [0.25, 0.3) is 0 Å². The van der Waals surface area contributed by atoms with Gasteiger partial charge >= 0.3 is 5.97 Å². The molecule has 0 spiro atoms. The third-order valence-corrected chi connectivity index (χ3v) is 11.0. The molecular weight excluding hydrogens is 597 g/mol. The van der Waals surface area contributed by atoms with Crippen LogP contribution in [-0.2, 0) is 20.4 Å². The minimum Gasteiger partial charge on any atom is -0.481 e. The highest BCUT2D eigenvalue weighted by molar-refractivity contribution is 7.97. The van der Waals surface area contributed by atoms with Crippen LogP contribution in [0.3, 0.4) is 0 Å². The van der Waals surface area contributed by atoms with E-state index in [1.54, 1.807) is 0 Å². The molecule has 4 heteroatoms. The number of hydrogen-bond acceptors (Lipinski definition) is 3. The minimum absolute atomic E-state index is 0.193. The van der Waals surface area contributed by atoms with E-state index >= 15 is 0 Å². The highest BCUT2D eigenvalue weighted by Crippen LogP contribution is 2.49. The van der Waals surface area contributed by atoms with Crippen molar-refractivity contribution in [1.29, 1.82) is 0 Å². The molecule has 3 nitrogen and oxygen atoms in total. The van der Waals surface area contributed by atoms with Gasteiger partial charge in [0.15, 0.2) is 26.9 Å². The maximum atomic E-state index is 13.0. The smallest absolute Gasteiger partial charge is 0.345 e. The van der Waals surface area contributed by atoms with Crippen molar-refractivity contribution < 1.29 is 14.3 Å². The fourth-order valence-corrected chi connectivity index (χ4v) is 9.05. The summed E-state index contributed by atoms with van der Waals surface area (Å²) in [6.45, 7) is 7.52. The molecule has 3 aromatic rings. The molecule has 0 radical (unpaired) electrons. The van der Waals surface area contributed by atoms with Crippen molar-refractivity contribution in [2.24, 2.45) is 11.8 Å². The lowest BCUT2D eigenvalue weighted by Gasteiger charge is -2.39. The van der Waals surface area contributed by atoms with Gasteiger partial charge in [-0.2, -0.15) is 0 Å². The predicted octanol–water partition coefficient (Wildman–Crippen LogP) is 9.13. The van der Waals surface area contributed by atoms with Crippen LogP contribution in [0.2, 0.25) is 0 Å². The molecule has 0 saturated carbocycles. The zero-order valence-corrected chi connectivity index (χ0v) is 27.9. The molecule has 0 fully saturated rings. The molecule has 232 valence electrons. The summed E-state index contributed by atoms with van der Waals surface area (Å²) in [5.74, 6) is 7.42. The second-order valence-electron chi connectivity index (χ2n) is 12.7. The molecule has 3 aromatic carbocycles. The fraction of sp³-hybridized carbons (Fsp3) is 0.186. The van der Waals surface area contributed by atoms with Crippen LogP contribution in [0.25, 0.3) is 0 Å². The number of esters is 1. The second kappa shape index (κ2) is 12.7. The lowest BCUT2D eigenvalue weighted by Crippen LogP contribution is -2.30. The Hall–Kier alpha value is -4.98. The Labute approximate surface area is 280 Å². The molecule has 4 aliphatic rings. The van der Waals surface area contributed by atoms with Crippen molar-refractivity contribution in [3.63, 3.8) is 0 Å². The predicted molar refractivity (Wildman–Crippen MR) is 190 cm³/mol. The number of ether oxygens (including phenoxy) is 2. The van der Waals surface area contributed by atoms with Crippen LogP contribution >= 0.6 is 0 Å². The van der Waals surface area contributed by atoms with E-state index < -0.39 is 11.6 Å². The third-order valence-electron chi connectivity index (χ3n) is 8.83. The molecule has 0 N–H and O–H groups in total. The van der Waals surface area contributed by atoms with Crippen molar-refractivity contribution in [3.05, 3.63) is 166 Å². The van der Waals surface area contributed by atoms with Gasteiger partial charge in [-0.25, -0.2) is 4.79 Å². The van der Waals surface area contributed by atoms with Gasteiger partial charge in [-0.1, -0.05) is 96.8 Å². The van der Waals surface area contributed by atoms with Crippen molar-refractivity contribution in [2.75, 3.05) is 6.61 Å². The number of carbonyl (C=O) groups is 1. The highest BCUT2D eigenvalue weighted by atomic mass is 32.2. The van der Waals surface area contributed by atoms with Crippen molar-refractivity contribution in [1.82, 2.24) is 0 Å². The van der Waals surface area contributed by atoms with Gasteiger partial charge in [0.1, 0.15) is 5.75 Å². The molecule has 2 atom stereocenters. The Bertz CT molecular complexity index is 1960. The summed E-state index contributed by atoms with van der Waals surface area (Å²) < 4.78 is 11.9. The van der Waals surface area contributed by atoms with Gasteiger partial charge in [-0.15, -0.1) is 0 Å². The molecule has 0 aromatic heterocycles. The number of allylic oxidation sites excluding steroid dienone is 14. The van der Waals surface area contributed by atoms with Gasteiger partial charge in [-0.05, 0) is 91.5 Å². The van der Waals surface area contributed by atoms with E-state index in [1.807, 2.05) is 39.8 Å². The summed E-state index contributed by atoms with van der Waals surface area (Å²) in [4.78, 5) is 16.8. The standard InChI is InChI=1S/C43H37O3S/c1-29-26-37(47(35-14-7-5-8-15-35)36-16-9-6-10-17-36)27-30(2)42(29)45-28-39(44)46-43(3,4)25-24-31-18-19-34-21-20-32-12-11-13-33-22-23-38(31)41(34)40(32)33/h5-23,26-27,40-41H,28H2,1-4H3/q+1. The Morgan fingerprint density at radius 1 is 0.745 bits per heavy atom. The second-order valence-corrected chi connectivity index (χ2v) is 14.7. The SMILES string of the molecule is Cc1cc([S+](c2ccccc2)c2ccccc2)cc(C)c1OCC(=O)OC(C)(C)C#CC1=C2C=CC3=CC=CC4=CC=C(C=C1)C2C34. The highest BCUT2D eigenvalue weighted by Gasteiger charge is 2.38. The summed E-state index contributed by atoms with van der Waals surface area (Å²) >= 11 is 0. The van der Waals surface area contributed by atoms with Crippen LogP contribution in [0, 0.1) is 37.5 Å². The van der Waals surface area contributed by atoms with Crippen molar-refractivity contribution in [3.8, 4) is 17.6 Å². The number of benzene rings is 3. The molecule has 0 saturated heterocycles. The van der Waals surface area contributed by atoms with Gasteiger partial charge in [0, 0.05) is 29.5 Å². The average molecular weight is 634 g/mol. The van der Waals surface area contributed by atoms with E-state index in [9.17, 15) is 4.79 Å². The lowest BCUT2D eigenvalue weighted by atomic mass is 9.63. The van der Waals surface area contributed by atoms with Gasteiger partial charge in [0.2, 0.25) is 0 Å². The first-order valence-corrected chi connectivity index (χ1v) is 17.2. The number of carbonyl (C=O) groups excluding carboxylic acids is 1. The summed E-state index contributed by atoms with van der Waals surface area (Å²) in [6.07, 6.45) is 19.6. The van der Waals surface area contributed by atoms with E-state index in [4.69, 9.17) is 9.47 Å². The summed E-state index contributed by atoms with van der Waals surface area (Å²) in [5, 5.41) is 0. The zero-order chi connectivity index (χ0) is 32.5. The monoisotopic (exact) mass is 633 g/mol. The van der Waals surface area contributed by atoms with E-state index in [0.29, 0.717) is 11.7 Å². The maximum absolute atomic E-state index is 13.0. The maximum Gasteiger partial charge on any atom is 0.345 e. The third kappa shape index (κ3) is 6.24. The molecular formula is C43H37O3S+. The molecule has 7 rings (SSSR count). The number of rotatable bonds is 7. The van der Waals surface area contributed by atoms with Crippen LogP contribution in [0.4, 0.5) is 0 Å². The van der Waals surface area contributed by atoms with E-state index in [2.05, 4.69) is 127 Å². The fourth-order valence-electron chi connectivity index (χ4n) is 6.78. The molecule has 0 amide bonds.